The molecule has 0 saturated carbocycles. The molecule has 1 heterocycles. The highest BCUT2D eigenvalue weighted by Gasteiger charge is 2.40. The molecule has 0 saturated heterocycles. The van der Waals surface area contributed by atoms with Gasteiger partial charge < -0.3 is 4.74 Å². The topological polar surface area (TPSA) is 63.7 Å². The van der Waals surface area contributed by atoms with Crippen LogP contribution in [0, 0.1) is 13.8 Å². The molecule has 0 aromatic heterocycles. The lowest BCUT2D eigenvalue weighted by Gasteiger charge is -2.19. The molecule has 0 unspecified atom stereocenters. The van der Waals surface area contributed by atoms with Crippen molar-refractivity contribution in [3.63, 3.8) is 0 Å². The third-order valence-electron chi connectivity index (χ3n) is 4.00. The number of hydrogen-bond donors (Lipinski definition) is 0. The summed E-state index contributed by atoms with van der Waals surface area (Å²) in [5.74, 6) is -1.59. The van der Waals surface area contributed by atoms with Gasteiger partial charge in [0, 0.05) is 4.47 Å². The van der Waals surface area contributed by atoms with E-state index < -0.39 is 17.8 Å². The van der Waals surface area contributed by atoms with Crippen molar-refractivity contribution in [1.82, 2.24) is 0 Å². The van der Waals surface area contributed by atoms with Crippen LogP contribution in [0.15, 0.2) is 34.8 Å². The van der Waals surface area contributed by atoms with E-state index in [9.17, 15) is 14.4 Å². The molecule has 6 heteroatoms. The number of amides is 2. The van der Waals surface area contributed by atoms with Gasteiger partial charge in [0.2, 0.25) is 0 Å². The van der Waals surface area contributed by atoms with Crippen LogP contribution in [0.25, 0.3) is 0 Å². The Morgan fingerprint density at radius 3 is 2.29 bits per heavy atom. The number of hydrogen-bond acceptors (Lipinski definition) is 4. The molecule has 2 aromatic carbocycles. The summed E-state index contributed by atoms with van der Waals surface area (Å²) in [5, 5.41) is 0. The summed E-state index contributed by atoms with van der Waals surface area (Å²) in [7, 11) is 1.24. The number of carbonyl (C=O) groups excluding carboxylic acids is 3. The molecule has 0 fully saturated rings. The predicted octanol–water partition coefficient (Wildman–Crippen LogP) is 3.65. The van der Waals surface area contributed by atoms with E-state index in [0.29, 0.717) is 5.69 Å². The smallest absolute Gasteiger partial charge is 0.338 e. The van der Waals surface area contributed by atoms with Gasteiger partial charge in [0.05, 0.1) is 29.5 Å². The molecule has 0 bridgehead atoms. The summed E-state index contributed by atoms with van der Waals surface area (Å²) >= 11 is 3.40. The molecule has 0 N–H and O–H groups in total. The molecule has 1 aliphatic rings. The number of ether oxygens (including phenoxy) is 1. The third-order valence-corrected chi connectivity index (χ3v) is 4.46. The first-order valence-corrected chi connectivity index (χ1v) is 8.03. The molecular weight excluding hydrogens is 374 g/mol. The summed E-state index contributed by atoms with van der Waals surface area (Å²) < 4.78 is 5.59. The third kappa shape index (κ3) is 2.34. The number of fused-ring (bicyclic) bond motifs is 1. The van der Waals surface area contributed by atoms with Crippen LogP contribution in [0.1, 0.15) is 42.2 Å². The van der Waals surface area contributed by atoms with Crippen LogP contribution in [0.3, 0.4) is 0 Å². The Hall–Kier alpha value is -2.47. The molecule has 0 atom stereocenters. The molecule has 3 rings (SSSR count). The molecule has 0 radical (unpaired) electrons. The Balaban J connectivity index is 2.21. The Morgan fingerprint density at radius 2 is 1.71 bits per heavy atom. The quantitative estimate of drug-likeness (QED) is 0.582. The number of anilines is 1. The molecule has 2 aromatic rings. The van der Waals surface area contributed by atoms with E-state index >= 15 is 0 Å². The van der Waals surface area contributed by atoms with E-state index in [1.807, 2.05) is 26.0 Å². The predicted molar refractivity (Wildman–Crippen MR) is 92.5 cm³/mol. The van der Waals surface area contributed by atoms with E-state index in [-0.39, 0.29) is 16.7 Å². The Labute approximate surface area is 147 Å². The van der Waals surface area contributed by atoms with Gasteiger partial charge in [0.25, 0.3) is 11.8 Å². The van der Waals surface area contributed by atoms with Crippen molar-refractivity contribution in [2.75, 3.05) is 12.0 Å². The lowest BCUT2D eigenvalue weighted by atomic mass is 10.0. The Kier molecular flexibility index (Phi) is 4.01. The van der Waals surface area contributed by atoms with E-state index in [1.165, 1.54) is 13.2 Å². The maximum atomic E-state index is 12.9. The Morgan fingerprint density at radius 1 is 1.08 bits per heavy atom. The largest absolute Gasteiger partial charge is 0.465 e. The van der Waals surface area contributed by atoms with Gasteiger partial charge in [-0.1, -0.05) is 22.0 Å². The second kappa shape index (κ2) is 5.87. The number of carbonyl (C=O) groups is 3. The highest BCUT2D eigenvalue weighted by atomic mass is 79.9. The number of nitrogens with zero attached hydrogens (tertiary/aromatic N) is 1. The molecule has 1 aliphatic heterocycles. The minimum atomic E-state index is -0.640. The van der Waals surface area contributed by atoms with Crippen molar-refractivity contribution < 1.29 is 19.1 Å². The van der Waals surface area contributed by atoms with Crippen LogP contribution in [0.2, 0.25) is 0 Å². The Bertz CT molecular complexity index is 881. The van der Waals surface area contributed by atoms with Gasteiger partial charge in [-0.05, 0) is 49.2 Å². The molecule has 5 nitrogen and oxygen atoms in total. The second-order valence-electron chi connectivity index (χ2n) is 5.55. The highest BCUT2D eigenvalue weighted by Crippen LogP contribution is 2.36. The zero-order valence-corrected chi connectivity index (χ0v) is 14.9. The van der Waals surface area contributed by atoms with Gasteiger partial charge in [-0.25, -0.2) is 9.69 Å². The number of benzene rings is 2. The molecule has 122 valence electrons. The van der Waals surface area contributed by atoms with E-state index in [1.54, 1.807) is 12.1 Å². The normalized spacial score (nSPS) is 13.2. The minimum Gasteiger partial charge on any atom is -0.465 e. The van der Waals surface area contributed by atoms with Crippen LogP contribution < -0.4 is 4.90 Å². The van der Waals surface area contributed by atoms with Gasteiger partial charge in [-0.3, -0.25) is 9.59 Å². The van der Waals surface area contributed by atoms with Crippen LogP contribution in [-0.4, -0.2) is 24.9 Å². The molecular formula is C18H14BrNO4. The summed E-state index contributed by atoms with van der Waals surface area (Å²) in [6.45, 7) is 3.66. The summed E-state index contributed by atoms with van der Waals surface area (Å²) in [6, 6.07) is 8.29. The van der Waals surface area contributed by atoms with Crippen LogP contribution in [-0.2, 0) is 4.74 Å². The number of imide groups is 1. The fourth-order valence-corrected chi connectivity index (χ4v) is 3.71. The first-order chi connectivity index (χ1) is 11.4. The second-order valence-corrected chi connectivity index (χ2v) is 6.47. The minimum absolute atomic E-state index is 0.0936. The van der Waals surface area contributed by atoms with Gasteiger partial charge in [0.15, 0.2) is 0 Å². The first-order valence-electron chi connectivity index (χ1n) is 7.23. The number of esters is 1. The SMILES string of the molecule is COC(=O)c1cccc2c1C(=O)N(c1c(C)cc(Br)cc1C)C2=O. The maximum absolute atomic E-state index is 12.9. The van der Waals surface area contributed by atoms with Crippen molar-refractivity contribution in [1.29, 1.82) is 0 Å². The summed E-state index contributed by atoms with van der Waals surface area (Å²) in [6.07, 6.45) is 0. The first kappa shape index (κ1) is 16.4. The van der Waals surface area contributed by atoms with Gasteiger partial charge >= 0.3 is 5.97 Å². The lowest BCUT2D eigenvalue weighted by Crippen LogP contribution is -2.31. The number of halogens is 1. The van der Waals surface area contributed by atoms with Crippen LogP contribution in [0.4, 0.5) is 5.69 Å². The van der Waals surface area contributed by atoms with Crippen molar-refractivity contribution in [3.8, 4) is 0 Å². The molecule has 2 amide bonds. The van der Waals surface area contributed by atoms with Crippen molar-refractivity contribution in [2.45, 2.75) is 13.8 Å². The zero-order valence-electron chi connectivity index (χ0n) is 13.3. The van der Waals surface area contributed by atoms with Crippen molar-refractivity contribution >= 4 is 39.4 Å². The lowest BCUT2D eigenvalue weighted by molar-refractivity contribution is 0.0597. The zero-order chi connectivity index (χ0) is 17.6. The maximum Gasteiger partial charge on any atom is 0.338 e. The molecule has 0 spiro atoms. The van der Waals surface area contributed by atoms with E-state index in [0.717, 1.165) is 20.5 Å². The van der Waals surface area contributed by atoms with Gasteiger partial charge in [-0.2, -0.15) is 0 Å². The van der Waals surface area contributed by atoms with E-state index in [2.05, 4.69) is 15.9 Å². The number of rotatable bonds is 2. The summed E-state index contributed by atoms with van der Waals surface area (Å²) in [5.41, 5.74) is 2.52. The average Bonchev–Trinajstić information content (AvgIpc) is 2.78. The fraction of sp³-hybridized carbons (Fsp3) is 0.167. The summed E-state index contributed by atoms with van der Waals surface area (Å²) in [4.78, 5) is 38.8. The van der Waals surface area contributed by atoms with E-state index in [4.69, 9.17) is 4.74 Å². The average molecular weight is 388 g/mol. The molecule has 0 aliphatic carbocycles. The van der Waals surface area contributed by atoms with Gasteiger partial charge in [0.1, 0.15) is 0 Å². The van der Waals surface area contributed by atoms with Crippen molar-refractivity contribution in [2.24, 2.45) is 0 Å². The van der Waals surface area contributed by atoms with Gasteiger partial charge in [-0.15, -0.1) is 0 Å². The van der Waals surface area contributed by atoms with Crippen LogP contribution >= 0.6 is 15.9 Å². The number of aryl methyl sites for hydroxylation is 2. The molecule has 24 heavy (non-hydrogen) atoms. The fourth-order valence-electron chi connectivity index (χ4n) is 3.02. The van der Waals surface area contributed by atoms with Crippen LogP contribution in [0.5, 0.6) is 0 Å². The monoisotopic (exact) mass is 387 g/mol. The standard InChI is InChI=1S/C18H14BrNO4/c1-9-7-11(19)8-10(2)15(9)20-16(21)12-5-4-6-13(18(23)24-3)14(12)17(20)22/h4-8H,1-3H3. The number of methoxy groups -OCH3 is 1. The highest BCUT2D eigenvalue weighted by molar-refractivity contribution is 9.10. The van der Waals surface area contributed by atoms with Crippen molar-refractivity contribution in [3.05, 3.63) is 62.6 Å².